The molecule has 1 aromatic carbocycles. The normalized spacial score (nSPS) is 26.6. The van der Waals surface area contributed by atoms with E-state index in [0.717, 1.165) is 32.5 Å². The number of rotatable bonds is 3. The first-order valence-electron chi connectivity index (χ1n) is 9.65. The van der Waals surface area contributed by atoms with E-state index in [1.54, 1.807) is 0 Å². The smallest absolute Gasteiger partial charge is 0.311 e. The second kappa shape index (κ2) is 7.78. The number of amides is 1. The molecule has 2 saturated heterocycles. The van der Waals surface area contributed by atoms with Gasteiger partial charge in [-0.25, -0.2) is 0 Å². The van der Waals surface area contributed by atoms with Crippen LogP contribution >= 0.6 is 0 Å². The minimum absolute atomic E-state index is 0.0407. The van der Waals surface area contributed by atoms with Crippen molar-refractivity contribution in [1.29, 1.82) is 0 Å². The van der Waals surface area contributed by atoms with Gasteiger partial charge in [0.2, 0.25) is 5.91 Å². The number of carbonyl (C=O) groups is 2. The Hall–Kier alpha value is -1.88. The van der Waals surface area contributed by atoms with E-state index >= 15 is 0 Å². The zero-order valence-corrected chi connectivity index (χ0v) is 16.0. The highest BCUT2D eigenvalue weighted by Gasteiger charge is 2.41. The van der Waals surface area contributed by atoms with Gasteiger partial charge in [-0.3, -0.25) is 9.59 Å². The summed E-state index contributed by atoms with van der Waals surface area (Å²) in [6, 6.07) is 9.89. The van der Waals surface area contributed by atoms with Gasteiger partial charge >= 0.3 is 5.97 Å². The molecular weight excluding hydrogens is 328 g/mol. The molecule has 5 heteroatoms. The molecule has 0 aromatic heterocycles. The van der Waals surface area contributed by atoms with E-state index < -0.39 is 17.6 Å². The van der Waals surface area contributed by atoms with Crippen LogP contribution in [0.1, 0.15) is 51.5 Å². The van der Waals surface area contributed by atoms with Crippen LogP contribution in [0.25, 0.3) is 0 Å². The number of hydrogen-bond acceptors (Lipinski definition) is 4. The zero-order chi connectivity index (χ0) is 18.7. The van der Waals surface area contributed by atoms with Gasteiger partial charge in [-0.2, -0.15) is 0 Å². The number of ether oxygens (including phenoxy) is 1. The SMILES string of the molecule is CC(C)(C)OC(=O)[C@H]1CCCN[C@@H]1C(=O)N1CCC(c2ccccc2)C1. The van der Waals surface area contributed by atoms with Crippen LogP contribution in [-0.2, 0) is 14.3 Å². The summed E-state index contributed by atoms with van der Waals surface area (Å²) in [6.45, 7) is 7.83. The average molecular weight is 358 g/mol. The van der Waals surface area contributed by atoms with E-state index in [9.17, 15) is 9.59 Å². The van der Waals surface area contributed by atoms with Gasteiger partial charge in [-0.1, -0.05) is 30.3 Å². The maximum absolute atomic E-state index is 13.1. The second-order valence-electron chi connectivity index (χ2n) is 8.39. The molecule has 142 valence electrons. The summed E-state index contributed by atoms with van der Waals surface area (Å²) in [4.78, 5) is 27.6. The quantitative estimate of drug-likeness (QED) is 0.844. The van der Waals surface area contributed by atoms with Crippen molar-refractivity contribution < 1.29 is 14.3 Å². The van der Waals surface area contributed by atoms with E-state index in [1.807, 2.05) is 43.9 Å². The predicted octanol–water partition coefficient (Wildman–Crippen LogP) is 2.71. The van der Waals surface area contributed by atoms with Crippen LogP contribution in [0, 0.1) is 5.92 Å². The van der Waals surface area contributed by atoms with Gasteiger partial charge in [0, 0.05) is 19.0 Å². The van der Waals surface area contributed by atoms with Crippen molar-refractivity contribution in [3.8, 4) is 0 Å². The van der Waals surface area contributed by atoms with Crippen molar-refractivity contribution in [3.05, 3.63) is 35.9 Å². The number of nitrogens with zero attached hydrogens (tertiary/aromatic N) is 1. The third-order valence-corrected chi connectivity index (χ3v) is 5.21. The lowest BCUT2D eigenvalue weighted by molar-refractivity contribution is -0.164. The van der Waals surface area contributed by atoms with Gasteiger partial charge in [0.05, 0.1) is 5.92 Å². The molecule has 1 aromatic rings. The van der Waals surface area contributed by atoms with E-state index in [1.165, 1.54) is 5.56 Å². The van der Waals surface area contributed by atoms with Crippen molar-refractivity contribution in [2.75, 3.05) is 19.6 Å². The molecule has 1 amide bonds. The first-order chi connectivity index (χ1) is 12.3. The van der Waals surface area contributed by atoms with Crippen molar-refractivity contribution in [2.45, 2.75) is 57.6 Å². The molecule has 5 nitrogen and oxygen atoms in total. The topological polar surface area (TPSA) is 58.6 Å². The van der Waals surface area contributed by atoms with Crippen LogP contribution in [0.3, 0.4) is 0 Å². The minimum Gasteiger partial charge on any atom is -0.460 e. The molecule has 2 fully saturated rings. The molecule has 0 aliphatic carbocycles. The number of hydrogen-bond donors (Lipinski definition) is 1. The van der Waals surface area contributed by atoms with Crippen molar-refractivity contribution in [1.82, 2.24) is 10.2 Å². The van der Waals surface area contributed by atoms with E-state index in [-0.39, 0.29) is 11.9 Å². The fourth-order valence-electron chi connectivity index (χ4n) is 3.93. The Morgan fingerprint density at radius 3 is 2.58 bits per heavy atom. The molecule has 0 bridgehead atoms. The van der Waals surface area contributed by atoms with Crippen LogP contribution in [0.2, 0.25) is 0 Å². The summed E-state index contributed by atoms with van der Waals surface area (Å²) in [6.07, 6.45) is 2.56. The summed E-state index contributed by atoms with van der Waals surface area (Å²) in [7, 11) is 0. The number of esters is 1. The molecule has 3 atom stereocenters. The third kappa shape index (κ3) is 4.44. The van der Waals surface area contributed by atoms with Crippen LogP contribution in [0.5, 0.6) is 0 Å². The summed E-state index contributed by atoms with van der Waals surface area (Å²) >= 11 is 0. The third-order valence-electron chi connectivity index (χ3n) is 5.21. The summed E-state index contributed by atoms with van der Waals surface area (Å²) in [5, 5.41) is 3.28. The highest BCUT2D eigenvalue weighted by atomic mass is 16.6. The Kier molecular flexibility index (Phi) is 5.66. The molecule has 1 N–H and O–H groups in total. The number of nitrogens with one attached hydrogen (secondary N) is 1. The molecule has 0 saturated carbocycles. The number of carbonyl (C=O) groups excluding carboxylic acids is 2. The van der Waals surface area contributed by atoms with Crippen LogP contribution in [0.15, 0.2) is 30.3 Å². The monoisotopic (exact) mass is 358 g/mol. The van der Waals surface area contributed by atoms with Crippen molar-refractivity contribution in [2.24, 2.45) is 5.92 Å². The molecule has 2 heterocycles. The molecule has 26 heavy (non-hydrogen) atoms. The standard InChI is InChI=1S/C21H30N2O3/c1-21(2,3)26-20(25)17-10-7-12-22-18(17)19(24)23-13-11-16(14-23)15-8-5-4-6-9-15/h4-6,8-9,16-18,22H,7,10-14H2,1-3H3/t16?,17-,18-/m0/s1. The summed E-state index contributed by atoms with van der Waals surface area (Å²) in [5.41, 5.74) is 0.747. The van der Waals surface area contributed by atoms with E-state index in [2.05, 4.69) is 17.4 Å². The Morgan fingerprint density at radius 2 is 1.88 bits per heavy atom. The largest absolute Gasteiger partial charge is 0.460 e. The molecule has 0 spiro atoms. The lowest BCUT2D eigenvalue weighted by Crippen LogP contribution is -2.55. The highest BCUT2D eigenvalue weighted by molar-refractivity contribution is 5.88. The van der Waals surface area contributed by atoms with E-state index in [0.29, 0.717) is 12.3 Å². The average Bonchev–Trinajstić information content (AvgIpc) is 3.10. The lowest BCUT2D eigenvalue weighted by atomic mass is 9.89. The Bertz CT molecular complexity index is 638. The molecule has 3 rings (SSSR count). The minimum atomic E-state index is -0.534. The lowest BCUT2D eigenvalue weighted by Gasteiger charge is -2.34. The predicted molar refractivity (Wildman–Crippen MR) is 101 cm³/mol. The first-order valence-corrected chi connectivity index (χ1v) is 9.65. The van der Waals surface area contributed by atoms with Gasteiger partial charge in [-0.05, 0) is 52.1 Å². The molecule has 2 aliphatic heterocycles. The van der Waals surface area contributed by atoms with Crippen molar-refractivity contribution in [3.63, 3.8) is 0 Å². The molecule has 1 unspecified atom stereocenters. The fraction of sp³-hybridized carbons (Fsp3) is 0.619. The number of likely N-dealkylation sites (tertiary alicyclic amines) is 1. The summed E-state index contributed by atoms with van der Waals surface area (Å²) in [5.74, 6) is -0.240. The maximum Gasteiger partial charge on any atom is 0.311 e. The molecule has 2 aliphatic rings. The van der Waals surface area contributed by atoms with Gasteiger partial charge in [-0.15, -0.1) is 0 Å². The van der Waals surface area contributed by atoms with Gasteiger partial charge in [0.25, 0.3) is 0 Å². The van der Waals surface area contributed by atoms with Gasteiger partial charge in [0.1, 0.15) is 11.6 Å². The van der Waals surface area contributed by atoms with Crippen LogP contribution in [0.4, 0.5) is 0 Å². The second-order valence-corrected chi connectivity index (χ2v) is 8.39. The van der Waals surface area contributed by atoms with Gasteiger partial charge in [0.15, 0.2) is 0 Å². The fourth-order valence-corrected chi connectivity index (χ4v) is 3.93. The summed E-state index contributed by atoms with van der Waals surface area (Å²) < 4.78 is 5.56. The Labute approximate surface area is 156 Å². The highest BCUT2D eigenvalue weighted by Crippen LogP contribution is 2.29. The number of benzene rings is 1. The van der Waals surface area contributed by atoms with Crippen LogP contribution in [-0.4, -0.2) is 48.1 Å². The van der Waals surface area contributed by atoms with Gasteiger partial charge < -0.3 is 15.0 Å². The van der Waals surface area contributed by atoms with Crippen LogP contribution < -0.4 is 5.32 Å². The molecule has 0 radical (unpaired) electrons. The Balaban J connectivity index is 1.66. The zero-order valence-electron chi connectivity index (χ0n) is 16.0. The number of piperidine rings is 1. The van der Waals surface area contributed by atoms with Crippen molar-refractivity contribution >= 4 is 11.9 Å². The maximum atomic E-state index is 13.1. The van der Waals surface area contributed by atoms with E-state index in [4.69, 9.17) is 4.74 Å². The first kappa shape index (κ1) is 18.9. The molecular formula is C21H30N2O3. The Morgan fingerprint density at radius 1 is 1.15 bits per heavy atom.